The Kier molecular flexibility index (Phi) is 11.7. The van der Waals surface area contributed by atoms with E-state index in [4.69, 9.17) is 0 Å². The normalized spacial score (nSPS) is 12.3. The number of esters is 1. The molecule has 4 N–H and O–H groups in total. The highest BCUT2D eigenvalue weighted by Gasteiger charge is 2.28. The van der Waals surface area contributed by atoms with E-state index in [0.717, 1.165) is 16.7 Å². The van der Waals surface area contributed by atoms with Gasteiger partial charge in [-0.25, -0.2) is 4.79 Å². The molecule has 9 nitrogen and oxygen atoms in total. The zero-order valence-electron chi connectivity index (χ0n) is 24.1. The van der Waals surface area contributed by atoms with Crippen LogP contribution in [0.25, 0.3) is 11.1 Å². The number of amides is 2. The van der Waals surface area contributed by atoms with Crippen LogP contribution in [0.5, 0.6) is 5.75 Å². The molecule has 0 bridgehead atoms. The zero-order chi connectivity index (χ0) is 30.6. The maximum Gasteiger partial charge on any atom is 0.337 e. The van der Waals surface area contributed by atoms with Gasteiger partial charge in [-0.2, -0.15) is 0 Å². The van der Waals surface area contributed by atoms with Gasteiger partial charge in [-0.05, 0) is 73.1 Å². The molecule has 2 amide bonds. The van der Waals surface area contributed by atoms with Gasteiger partial charge in [0.1, 0.15) is 11.8 Å². The van der Waals surface area contributed by atoms with Crippen molar-refractivity contribution in [3.63, 3.8) is 0 Å². The Hall–Kier alpha value is -4.66. The summed E-state index contributed by atoms with van der Waals surface area (Å²) in [7, 11) is 1.28. The van der Waals surface area contributed by atoms with Crippen LogP contribution in [0.3, 0.4) is 0 Å². The van der Waals surface area contributed by atoms with Crippen LogP contribution >= 0.6 is 0 Å². The number of methoxy groups -OCH3 is 1. The van der Waals surface area contributed by atoms with Gasteiger partial charge in [0.25, 0.3) is 0 Å². The third kappa shape index (κ3) is 9.47. The highest BCUT2D eigenvalue weighted by molar-refractivity contribution is 5.98. The molecule has 0 spiro atoms. The molecule has 0 aliphatic carbocycles. The second-order valence-electron chi connectivity index (χ2n) is 10.7. The number of carbonyl (C=O) groups is 4. The number of carboxylic acids is 1. The third-order valence-electron chi connectivity index (χ3n) is 6.87. The van der Waals surface area contributed by atoms with Gasteiger partial charge in [0.15, 0.2) is 0 Å². The number of benzene rings is 3. The first-order chi connectivity index (χ1) is 20.1. The molecule has 0 aliphatic heterocycles. The SMILES string of the molecule is COC(=O)c1ccc(NC(=O)C(CC(C)C)NC(=O)C(CCCc2ccc(-c3ccccc3)c(O)c2)CC(=O)O)cc1. The first kappa shape index (κ1) is 31.9. The van der Waals surface area contributed by atoms with Crippen LogP contribution in [0.1, 0.15) is 55.5 Å². The Morgan fingerprint density at radius 3 is 2.19 bits per heavy atom. The van der Waals surface area contributed by atoms with E-state index in [1.54, 1.807) is 18.2 Å². The van der Waals surface area contributed by atoms with E-state index in [9.17, 15) is 29.4 Å². The molecule has 0 radical (unpaired) electrons. The minimum Gasteiger partial charge on any atom is -0.507 e. The van der Waals surface area contributed by atoms with E-state index >= 15 is 0 Å². The highest BCUT2D eigenvalue weighted by atomic mass is 16.5. The molecular weight excluding hydrogens is 536 g/mol. The molecule has 0 heterocycles. The van der Waals surface area contributed by atoms with Crippen molar-refractivity contribution in [2.24, 2.45) is 11.8 Å². The summed E-state index contributed by atoms with van der Waals surface area (Å²) in [5.74, 6) is -3.14. The van der Waals surface area contributed by atoms with E-state index in [1.165, 1.54) is 19.2 Å². The minimum atomic E-state index is -1.10. The molecule has 9 heteroatoms. The quantitative estimate of drug-likeness (QED) is 0.188. The summed E-state index contributed by atoms with van der Waals surface area (Å²) in [6, 6.07) is 20.3. The van der Waals surface area contributed by atoms with Crippen LogP contribution in [-0.4, -0.2) is 47.1 Å². The minimum absolute atomic E-state index is 0.0761. The van der Waals surface area contributed by atoms with Crippen molar-refractivity contribution in [1.29, 1.82) is 0 Å². The summed E-state index contributed by atoms with van der Waals surface area (Å²) in [5, 5.41) is 25.5. The summed E-state index contributed by atoms with van der Waals surface area (Å²) in [6.45, 7) is 3.84. The topological polar surface area (TPSA) is 142 Å². The monoisotopic (exact) mass is 574 g/mol. The molecule has 0 saturated carbocycles. The van der Waals surface area contributed by atoms with Crippen molar-refractivity contribution in [2.45, 2.75) is 52.0 Å². The zero-order valence-corrected chi connectivity index (χ0v) is 24.1. The Labute approximate surface area is 245 Å². The fourth-order valence-corrected chi connectivity index (χ4v) is 4.71. The average Bonchev–Trinajstić information content (AvgIpc) is 2.96. The number of carboxylic acid groups (broad SMARTS) is 1. The fourth-order valence-electron chi connectivity index (χ4n) is 4.71. The first-order valence-corrected chi connectivity index (χ1v) is 14.0. The lowest BCUT2D eigenvalue weighted by molar-refractivity contribution is -0.141. The summed E-state index contributed by atoms with van der Waals surface area (Å²) in [5.41, 5.74) is 3.27. The standard InChI is InChI=1S/C33H38N2O7/c1-21(2)18-28(32(40)34-26-15-13-24(14-16-26)33(41)42-3)35-31(39)25(20-30(37)38)11-7-8-22-12-17-27(29(36)19-22)23-9-5-4-6-10-23/h4-6,9-10,12-17,19,21,25,28,36H,7-8,11,18,20H2,1-3H3,(H,34,40)(H,35,39)(H,37,38). The fraction of sp³-hybridized carbons (Fsp3) is 0.333. The summed E-state index contributed by atoms with van der Waals surface area (Å²) in [4.78, 5) is 49.6. The number of ether oxygens (including phenoxy) is 1. The van der Waals surface area contributed by atoms with E-state index < -0.39 is 35.7 Å². The van der Waals surface area contributed by atoms with Gasteiger partial charge in [0, 0.05) is 17.2 Å². The van der Waals surface area contributed by atoms with Gasteiger partial charge in [-0.3, -0.25) is 14.4 Å². The molecule has 3 aromatic carbocycles. The van der Waals surface area contributed by atoms with Crippen molar-refractivity contribution in [3.8, 4) is 16.9 Å². The molecule has 0 fully saturated rings. The number of hydrogen-bond acceptors (Lipinski definition) is 6. The number of aliphatic carboxylic acids is 1. The summed E-state index contributed by atoms with van der Waals surface area (Å²) >= 11 is 0. The smallest absolute Gasteiger partial charge is 0.337 e. The van der Waals surface area contributed by atoms with Crippen LogP contribution in [-0.2, 0) is 25.5 Å². The van der Waals surface area contributed by atoms with E-state index in [0.29, 0.717) is 36.9 Å². The molecule has 0 aliphatic rings. The number of aryl methyl sites for hydroxylation is 1. The molecule has 2 atom stereocenters. The molecule has 222 valence electrons. The lowest BCUT2D eigenvalue weighted by Gasteiger charge is -2.23. The largest absolute Gasteiger partial charge is 0.507 e. The van der Waals surface area contributed by atoms with Crippen molar-refractivity contribution in [1.82, 2.24) is 5.32 Å². The second kappa shape index (κ2) is 15.4. The predicted molar refractivity (Wildman–Crippen MR) is 160 cm³/mol. The first-order valence-electron chi connectivity index (χ1n) is 14.0. The van der Waals surface area contributed by atoms with Crippen molar-refractivity contribution in [3.05, 3.63) is 83.9 Å². The lowest BCUT2D eigenvalue weighted by Crippen LogP contribution is -2.47. The molecule has 3 aromatic rings. The second-order valence-corrected chi connectivity index (χ2v) is 10.7. The van der Waals surface area contributed by atoms with Crippen LogP contribution < -0.4 is 10.6 Å². The Morgan fingerprint density at radius 2 is 1.60 bits per heavy atom. The molecule has 0 saturated heterocycles. The van der Waals surface area contributed by atoms with Crippen LogP contribution in [0, 0.1) is 11.8 Å². The number of phenolic OH excluding ortho intramolecular Hbond substituents is 1. The molecule has 42 heavy (non-hydrogen) atoms. The number of hydrogen-bond donors (Lipinski definition) is 4. The molecule has 0 aromatic heterocycles. The van der Waals surface area contributed by atoms with Gasteiger partial charge >= 0.3 is 11.9 Å². The third-order valence-corrected chi connectivity index (χ3v) is 6.87. The van der Waals surface area contributed by atoms with Gasteiger partial charge in [-0.1, -0.05) is 56.3 Å². The summed E-state index contributed by atoms with van der Waals surface area (Å²) in [6.07, 6.45) is 1.34. The number of aromatic hydroxyl groups is 1. The molecule has 3 rings (SSSR count). The van der Waals surface area contributed by atoms with Gasteiger partial charge < -0.3 is 25.6 Å². The van der Waals surface area contributed by atoms with Gasteiger partial charge in [0.05, 0.1) is 19.1 Å². The van der Waals surface area contributed by atoms with Gasteiger partial charge in [0.2, 0.25) is 11.8 Å². The predicted octanol–water partition coefficient (Wildman–Crippen LogP) is 5.43. The van der Waals surface area contributed by atoms with Crippen molar-refractivity contribution >= 4 is 29.4 Å². The number of carbonyl (C=O) groups excluding carboxylic acids is 3. The average molecular weight is 575 g/mol. The Bertz CT molecular complexity index is 1370. The lowest BCUT2D eigenvalue weighted by atomic mass is 9.94. The number of anilines is 1. The number of rotatable bonds is 14. The van der Waals surface area contributed by atoms with E-state index in [2.05, 4.69) is 15.4 Å². The number of nitrogens with one attached hydrogen (secondary N) is 2. The van der Waals surface area contributed by atoms with Crippen molar-refractivity contribution < 1.29 is 34.1 Å². The molecule has 2 unspecified atom stereocenters. The summed E-state index contributed by atoms with van der Waals surface area (Å²) < 4.78 is 4.69. The van der Waals surface area contributed by atoms with Crippen LogP contribution in [0.4, 0.5) is 5.69 Å². The van der Waals surface area contributed by atoms with E-state index in [1.807, 2.05) is 56.3 Å². The van der Waals surface area contributed by atoms with Gasteiger partial charge in [-0.15, -0.1) is 0 Å². The number of phenols is 1. The Balaban J connectivity index is 1.63. The maximum absolute atomic E-state index is 13.2. The Morgan fingerprint density at radius 1 is 0.905 bits per heavy atom. The van der Waals surface area contributed by atoms with E-state index in [-0.39, 0.29) is 18.1 Å². The maximum atomic E-state index is 13.2. The molecular formula is C33H38N2O7. The highest BCUT2D eigenvalue weighted by Crippen LogP contribution is 2.30. The van der Waals surface area contributed by atoms with Crippen LogP contribution in [0.15, 0.2) is 72.8 Å². The van der Waals surface area contributed by atoms with Crippen LogP contribution in [0.2, 0.25) is 0 Å². The van der Waals surface area contributed by atoms with Crippen molar-refractivity contribution in [2.75, 3.05) is 12.4 Å².